The van der Waals surface area contributed by atoms with Crippen molar-refractivity contribution in [3.05, 3.63) is 0 Å². The Morgan fingerprint density at radius 1 is 1.60 bits per heavy atom. The second-order valence-corrected chi connectivity index (χ2v) is 3.38. The molecule has 1 saturated carbocycles. The molecule has 1 nitrogen and oxygen atoms in total. The van der Waals surface area contributed by atoms with Crippen LogP contribution in [0.4, 0.5) is 8.78 Å². The average molecular weight is 149 g/mol. The fourth-order valence-corrected chi connectivity index (χ4v) is 1.57. The number of halogens is 2. The van der Waals surface area contributed by atoms with Crippen LogP contribution in [0.3, 0.4) is 0 Å². The molecule has 10 heavy (non-hydrogen) atoms. The lowest BCUT2D eigenvalue weighted by atomic mass is 9.99. The van der Waals surface area contributed by atoms with Crippen molar-refractivity contribution in [2.24, 2.45) is 11.7 Å². The van der Waals surface area contributed by atoms with Crippen LogP contribution in [0, 0.1) is 5.92 Å². The van der Waals surface area contributed by atoms with Crippen molar-refractivity contribution in [2.45, 2.75) is 38.2 Å². The van der Waals surface area contributed by atoms with Crippen molar-refractivity contribution < 1.29 is 8.78 Å². The van der Waals surface area contributed by atoms with Crippen LogP contribution in [0.1, 0.15) is 26.2 Å². The minimum absolute atomic E-state index is 0.374. The zero-order valence-corrected chi connectivity index (χ0v) is 6.11. The van der Waals surface area contributed by atoms with E-state index in [2.05, 4.69) is 0 Å². The number of alkyl halides is 2. The molecule has 1 fully saturated rings. The molecule has 0 aliphatic heterocycles. The summed E-state index contributed by atoms with van der Waals surface area (Å²) >= 11 is 0. The molecule has 2 unspecified atom stereocenters. The van der Waals surface area contributed by atoms with Gasteiger partial charge in [-0.2, -0.15) is 0 Å². The lowest BCUT2D eigenvalue weighted by molar-refractivity contribution is 0.0554. The van der Waals surface area contributed by atoms with Crippen LogP contribution in [-0.4, -0.2) is 12.0 Å². The predicted octanol–water partition coefficient (Wildman–Crippen LogP) is 1.77. The van der Waals surface area contributed by atoms with Gasteiger partial charge in [-0.1, -0.05) is 6.92 Å². The fraction of sp³-hybridized carbons (Fsp3) is 1.00. The molecule has 0 radical (unpaired) electrons. The van der Waals surface area contributed by atoms with Gasteiger partial charge >= 0.3 is 0 Å². The lowest BCUT2D eigenvalue weighted by Crippen LogP contribution is -2.44. The average Bonchev–Trinajstić information content (AvgIpc) is 2.13. The van der Waals surface area contributed by atoms with Crippen molar-refractivity contribution in [1.82, 2.24) is 0 Å². The zero-order chi connectivity index (χ0) is 7.78. The first-order chi connectivity index (χ1) is 4.54. The fourth-order valence-electron chi connectivity index (χ4n) is 1.57. The first-order valence-electron chi connectivity index (χ1n) is 3.61. The van der Waals surface area contributed by atoms with Crippen molar-refractivity contribution in [3.8, 4) is 0 Å². The molecule has 0 aromatic carbocycles. The first-order valence-corrected chi connectivity index (χ1v) is 3.61. The third kappa shape index (κ3) is 1.29. The number of hydrogen-bond acceptors (Lipinski definition) is 1. The molecule has 0 spiro atoms. The Bertz CT molecular complexity index is 127. The molecule has 0 aromatic rings. The van der Waals surface area contributed by atoms with E-state index in [1.807, 2.05) is 6.92 Å². The van der Waals surface area contributed by atoms with Crippen LogP contribution in [0.2, 0.25) is 0 Å². The van der Waals surface area contributed by atoms with Crippen LogP contribution < -0.4 is 5.73 Å². The second kappa shape index (κ2) is 2.46. The van der Waals surface area contributed by atoms with Crippen molar-refractivity contribution in [2.75, 3.05) is 0 Å². The molecule has 2 N–H and O–H groups in total. The molecule has 1 rings (SSSR count). The Morgan fingerprint density at radius 3 is 2.40 bits per heavy atom. The van der Waals surface area contributed by atoms with Crippen LogP contribution in [0.25, 0.3) is 0 Å². The summed E-state index contributed by atoms with van der Waals surface area (Å²) in [4.78, 5) is 0. The molecule has 0 aromatic heterocycles. The van der Waals surface area contributed by atoms with Crippen LogP contribution in [0.5, 0.6) is 0 Å². The van der Waals surface area contributed by atoms with E-state index < -0.39 is 12.0 Å². The lowest BCUT2D eigenvalue weighted by Gasteiger charge is -2.22. The van der Waals surface area contributed by atoms with E-state index >= 15 is 0 Å². The normalized spacial score (nSPS) is 41.1. The first kappa shape index (κ1) is 7.92. The summed E-state index contributed by atoms with van der Waals surface area (Å²) in [6.07, 6.45) is -0.547. The standard InChI is InChI=1S/C7H13F2N/c1-5-2-3-7(10,4-5)6(8)9/h5-6H,2-4,10H2,1H3. The van der Waals surface area contributed by atoms with Gasteiger partial charge in [0.25, 0.3) is 6.43 Å². The van der Waals surface area contributed by atoms with E-state index in [4.69, 9.17) is 5.73 Å². The Hall–Kier alpha value is -0.180. The minimum Gasteiger partial charge on any atom is -0.320 e. The summed E-state index contributed by atoms with van der Waals surface area (Å²) in [5, 5.41) is 0. The number of rotatable bonds is 1. The summed E-state index contributed by atoms with van der Waals surface area (Å²) in [7, 11) is 0. The summed E-state index contributed by atoms with van der Waals surface area (Å²) in [6, 6.07) is 0. The van der Waals surface area contributed by atoms with Gasteiger partial charge in [0.2, 0.25) is 0 Å². The molecule has 0 saturated heterocycles. The Labute approximate surface area is 59.6 Å². The van der Waals surface area contributed by atoms with Gasteiger partial charge in [0.05, 0.1) is 5.54 Å². The molecule has 3 heteroatoms. The summed E-state index contributed by atoms with van der Waals surface area (Å²) in [5.41, 5.74) is 4.28. The molecule has 2 atom stereocenters. The van der Waals surface area contributed by atoms with Crippen molar-refractivity contribution in [1.29, 1.82) is 0 Å². The van der Waals surface area contributed by atoms with E-state index in [0.29, 0.717) is 18.8 Å². The van der Waals surface area contributed by atoms with Crippen molar-refractivity contribution >= 4 is 0 Å². The summed E-state index contributed by atoms with van der Waals surface area (Å²) in [5.74, 6) is 0.374. The van der Waals surface area contributed by atoms with Crippen molar-refractivity contribution in [3.63, 3.8) is 0 Å². The highest BCUT2D eigenvalue weighted by Gasteiger charge is 2.41. The highest BCUT2D eigenvalue weighted by atomic mass is 19.3. The molecule has 0 amide bonds. The van der Waals surface area contributed by atoms with E-state index in [1.165, 1.54) is 0 Å². The van der Waals surface area contributed by atoms with E-state index in [9.17, 15) is 8.78 Å². The summed E-state index contributed by atoms with van der Waals surface area (Å²) in [6.45, 7) is 1.97. The molecule has 1 aliphatic rings. The van der Waals surface area contributed by atoms with Gasteiger partial charge in [-0.25, -0.2) is 8.78 Å². The second-order valence-electron chi connectivity index (χ2n) is 3.38. The third-order valence-electron chi connectivity index (χ3n) is 2.27. The van der Waals surface area contributed by atoms with Crippen LogP contribution in [-0.2, 0) is 0 Å². The van der Waals surface area contributed by atoms with Gasteiger partial charge in [-0.15, -0.1) is 0 Å². The predicted molar refractivity (Wildman–Crippen MR) is 35.9 cm³/mol. The highest BCUT2D eigenvalue weighted by Crippen LogP contribution is 2.36. The zero-order valence-electron chi connectivity index (χ0n) is 6.11. The van der Waals surface area contributed by atoms with Gasteiger partial charge < -0.3 is 5.73 Å². The van der Waals surface area contributed by atoms with Crippen LogP contribution in [0.15, 0.2) is 0 Å². The van der Waals surface area contributed by atoms with Crippen LogP contribution >= 0.6 is 0 Å². The van der Waals surface area contributed by atoms with Gasteiger partial charge in [0.15, 0.2) is 0 Å². The number of nitrogens with two attached hydrogens (primary N) is 1. The molecular formula is C7H13F2N. The number of hydrogen-bond donors (Lipinski definition) is 1. The topological polar surface area (TPSA) is 26.0 Å². The minimum atomic E-state index is -2.35. The molecular weight excluding hydrogens is 136 g/mol. The molecule has 60 valence electrons. The smallest absolute Gasteiger partial charge is 0.256 e. The summed E-state index contributed by atoms with van der Waals surface area (Å²) < 4.78 is 24.3. The molecule has 1 aliphatic carbocycles. The van der Waals surface area contributed by atoms with Gasteiger partial charge in [-0.3, -0.25) is 0 Å². The van der Waals surface area contributed by atoms with E-state index in [0.717, 1.165) is 6.42 Å². The Morgan fingerprint density at radius 2 is 2.20 bits per heavy atom. The van der Waals surface area contributed by atoms with Gasteiger partial charge in [-0.05, 0) is 25.2 Å². The SMILES string of the molecule is CC1CCC(N)(C(F)F)C1. The maximum atomic E-state index is 12.2. The maximum Gasteiger partial charge on any atom is 0.256 e. The monoisotopic (exact) mass is 149 g/mol. The Balaban J connectivity index is 2.54. The highest BCUT2D eigenvalue weighted by molar-refractivity contribution is 4.94. The Kier molecular flexibility index (Phi) is 1.95. The third-order valence-corrected chi connectivity index (χ3v) is 2.27. The van der Waals surface area contributed by atoms with E-state index in [1.54, 1.807) is 0 Å². The van der Waals surface area contributed by atoms with E-state index in [-0.39, 0.29) is 0 Å². The molecule has 0 heterocycles. The van der Waals surface area contributed by atoms with Gasteiger partial charge in [0, 0.05) is 0 Å². The van der Waals surface area contributed by atoms with Gasteiger partial charge in [0.1, 0.15) is 0 Å². The quantitative estimate of drug-likeness (QED) is 0.604. The molecule has 0 bridgehead atoms. The largest absolute Gasteiger partial charge is 0.320 e. The maximum absolute atomic E-state index is 12.2.